The molecule has 0 N–H and O–H groups in total. The molecular weight excluding hydrogens is 332 g/mol. The second-order valence-corrected chi connectivity index (χ2v) is 7.20. The Hall–Kier alpha value is -1.44. The van der Waals surface area contributed by atoms with Gasteiger partial charge in [-0.1, -0.05) is 6.42 Å². The molecule has 0 radical (unpaired) electrons. The van der Waals surface area contributed by atoms with E-state index in [1.54, 1.807) is 4.68 Å². The van der Waals surface area contributed by atoms with Gasteiger partial charge in [-0.2, -0.15) is 5.10 Å². The first-order chi connectivity index (χ1) is 12.7. The van der Waals surface area contributed by atoms with Gasteiger partial charge in [-0.25, -0.2) is 0 Å². The molecular formula is C19H32N4O3. The Bertz CT molecular complexity index is 571. The summed E-state index contributed by atoms with van der Waals surface area (Å²) in [6, 6.07) is -0.0755. The Morgan fingerprint density at radius 1 is 1.31 bits per heavy atom. The molecule has 0 saturated carbocycles. The van der Waals surface area contributed by atoms with Crippen LogP contribution < -0.4 is 0 Å². The third kappa shape index (κ3) is 4.84. The van der Waals surface area contributed by atoms with Gasteiger partial charge in [-0.15, -0.1) is 0 Å². The van der Waals surface area contributed by atoms with E-state index in [0.717, 1.165) is 25.2 Å². The number of carbonyl (C=O) groups excluding carboxylic acids is 1. The van der Waals surface area contributed by atoms with Gasteiger partial charge in [-0.05, 0) is 32.9 Å². The second kappa shape index (κ2) is 9.48. The van der Waals surface area contributed by atoms with E-state index >= 15 is 0 Å². The Morgan fingerprint density at radius 3 is 2.81 bits per heavy atom. The fourth-order valence-corrected chi connectivity index (χ4v) is 4.00. The quantitative estimate of drug-likeness (QED) is 0.688. The van der Waals surface area contributed by atoms with Gasteiger partial charge in [0.1, 0.15) is 0 Å². The van der Waals surface area contributed by atoms with E-state index in [0.29, 0.717) is 32.8 Å². The van der Waals surface area contributed by atoms with Gasteiger partial charge in [0.15, 0.2) is 0 Å². The standard InChI is InChI=1S/C19H32N4O3/c1-3-25-11-7-18(24)23-10-12-26-17(15-22-8-5-4-6-9-22)19(23)16-13-20-21(2)14-16/h13-14,17,19H,3-12,15H2,1-2H3/t17-,19-/m0/s1. The summed E-state index contributed by atoms with van der Waals surface area (Å²) in [5.41, 5.74) is 1.05. The van der Waals surface area contributed by atoms with Gasteiger partial charge in [0, 0.05) is 38.5 Å². The number of morpholine rings is 1. The molecule has 3 heterocycles. The highest BCUT2D eigenvalue weighted by Crippen LogP contribution is 2.31. The first-order valence-corrected chi connectivity index (χ1v) is 9.88. The lowest BCUT2D eigenvalue weighted by Crippen LogP contribution is -2.52. The number of carbonyl (C=O) groups is 1. The van der Waals surface area contributed by atoms with Crippen LogP contribution in [0.2, 0.25) is 0 Å². The van der Waals surface area contributed by atoms with Crippen LogP contribution in [0.3, 0.4) is 0 Å². The first-order valence-electron chi connectivity index (χ1n) is 9.88. The highest BCUT2D eigenvalue weighted by atomic mass is 16.5. The Kier molecular flexibility index (Phi) is 7.05. The zero-order valence-corrected chi connectivity index (χ0v) is 16.1. The molecule has 2 aliphatic rings. The molecule has 0 unspecified atom stereocenters. The van der Waals surface area contributed by atoms with Gasteiger partial charge in [0.2, 0.25) is 5.91 Å². The molecule has 0 bridgehead atoms. The van der Waals surface area contributed by atoms with Crippen molar-refractivity contribution < 1.29 is 14.3 Å². The minimum absolute atomic E-state index is 0.0120. The van der Waals surface area contributed by atoms with Crippen LogP contribution in [0.1, 0.15) is 44.2 Å². The van der Waals surface area contributed by atoms with Crippen LogP contribution in [0.5, 0.6) is 0 Å². The minimum atomic E-state index is -0.0755. The summed E-state index contributed by atoms with van der Waals surface area (Å²) in [5.74, 6) is 0.138. The van der Waals surface area contributed by atoms with E-state index in [1.165, 1.54) is 19.3 Å². The maximum absolute atomic E-state index is 12.9. The summed E-state index contributed by atoms with van der Waals surface area (Å²) in [4.78, 5) is 17.3. The summed E-state index contributed by atoms with van der Waals surface area (Å²) < 4.78 is 13.3. The molecule has 146 valence electrons. The predicted molar refractivity (Wildman–Crippen MR) is 98.8 cm³/mol. The third-order valence-electron chi connectivity index (χ3n) is 5.29. The number of amides is 1. The number of aromatic nitrogens is 2. The van der Waals surface area contributed by atoms with Crippen LogP contribution in [-0.4, -0.2) is 77.6 Å². The van der Waals surface area contributed by atoms with E-state index in [9.17, 15) is 4.79 Å². The molecule has 2 atom stereocenters. The van der Waals surface area contributed by atoms with Crippen molar-refractivity contribution in [2.45, 2.75) is 44.8 Å². The molecule has 2 aliphatic heterocycles. The predicted octanol–water partition coefficient (Wildman–Crippen LogP) is 1.60. The van der Waals surface area contributed by atoms with E-state index in [1.807, 2.05) is 31.3 Å². The van der Waals surface area contributed by atoms with Gasteiger partial charge < -0.3 is 19.3 Å². The molecule has 1 aromatic rings. The number of ether oxygens (including phenoxy) is 2. The molecule has 2 fully saturated rings. The van der Waals surface area contributed by atoms with Crippen molar-refractivity contribution in [2.24, 2.45) is 7.05 Å². The largest absolute Gasteiger partial charge is 0.381 e. The molecule has 7 heteroatoms. The summed E-state index contributed by atoms with van der Waals surface area (Å²) >= 11 is 0. The average molecular weight is 364 g/mol. The minimum Gasteiger partial charge on any atom is -0.381 e. The zero-order valence-electron chi connectivity index (χ0n) is 16.1. The monoisotopic (exact) mass is 364 g/mol. The lowest BCUT2D eigenvalue weighted by molar-refractivity contribution is -0.149. The van der Waals surface area contributed by atoms with E-state index in [2.05, 4.69) is 10.00 Å². The summed E-state index contributed by atoms with van der Waals surface area (Å²) in [5, 5.41) is 4.33. The van der Waals surface area contributed by atoms with Crippen molar-refractivity contribution in [1.29, 1.82) is 0 Å². The third-order valence-corrected chi connectivity index (χ3v) is 5.29. The number of hydrogen-bond acceptors (Lipinski definition) is 5. The van der Waals surface area contributed by atoms with Crippen molar-refractivity contribution in [1.82, 2.24) is 19.6 Å². The van der Waals surface area contributed by atoms with Gasteiger partial charge in [0.05, 0.1) is 38.0 Å². The molecule has 1 aromatic heterocycles. The smallest absolute Gasteiger partial charge is 0.225 e. The molecule has 3 rings (SSSR count). The maximum atomic E-state index is 12.9. The van der Waals surface area contributed by atoms with E-state index in [4.69, 9.17) is 9.47 Å². The van der Waals surface area contributed by atoms with Crippen LogP contribution in [0.25, 0.3) is 0 Å². The van der Waals surface area contributed by atoms with Crippen LogP contribution in [0.15, 0.2) is 12.4 Å². The van der Waals surface area contributed by atoms with Crippen molar-refractivity contribution in [3.63, 3.8) is 0 Å². The highest BCUT2D eigenvalue weighted by molar-refractivity contribution is 5.77. The van der Waals surface area contributed by atoms with Gasteiger partial charge >= 0.3 is 0 Å². The van der Waals surface area contributed by atoms with Gasteiger partial charge in [0.25, 0.3) is 0 Å². The Balaban J connectivity index is 1.74. The van der Waals surface area contributed by atoms with E-state index in [-0.39, 0.29) is 18.1 Å². The van der Waals surface area contributed by atoms with E-state index < -0.39 is 0 Å². The fourth-order valence-electron chi connectivity index (χ4n) is 4.00. The van der Waals surface area contributed by atoms with Crippen LogP contribution >= 0.6 is 0 Å². The number of rotatable bonds is 7. The number of aryl methyl sites for hydroxylation is 1. The van der Waals surface area contributed by atoms with Crippen LogP contribution in [0.4, 0.5) is 0 Å². The summed E-state index contributed by atoms with van der Waals surface area (Å²) in [6.07, 6.45) is 8.10. The molecule has 2 saturated heterocycles. The first kappa shape index (κ1) is 19.3. The highest BCUT2D eigenvalue weighted by Gasteiger charge is 2.37. The fraction of sp³-hybridized carbons (Fsp3) is 0.789. The maximum Gasteiger partial charge on any atom is 0.225 e. The number of piperidine rings is 1. The summed E-state index contributed by atoms with van der Waals surface area (Å²) in [7, 11) is 1.91. The van der Waals surface area contributed by atoms with Crippen LogP contribution in [-0.2, 0) is 21.3 Å². The number of nitrogens with zero attached hydrogens (tertiary/aromatic N) is 4. The van der Waals surface area contributed by atoms with Crippen LogP contribution in [0, 0.1) is 0 Å². The van der Waals surface area contributed by atoms with Gasteiger partial charge in [-0.3, -0.25) is 9.48 Å². The zero-order chi connectivity index (χ0) is 18.4. The normalized spacial score (nSPS) is 24.8. The topological polar surface area (TPSA) is 59.8 Å². The second-order valence-electron chi connectivity index (χ2n) is 7.20. The number of likely N-dealkylation sites (tertiary alicyclic amines) is 1. The molecule has 0 aliphatic carbocycles. The van der Waals surface area contributed by atoms with Crippen molar-refractivity contribution >= 4 is 5.91 Å². The van der Waals surface area contributed by atoms with Crippen molar-refractivity contribution in [2.75, 3.05) is 46.0 Å². The van der Waals surface area contributed by atoms with Crippen molar-refractivity contribution in [3.8, 4) is 0 Å². The summed E-state index contributed by atoms with van der Waals surface area (Å²) in [6.45, 7) is 7.40. The molecule has 7 nitrogen and oxygen atoms in total. The Labute approximate surface area is 156 Å². The lowest BCUT2D eigenvalue weighted by Gasteiger charge is -2.43. The lowest BCUT2D eigenvalue weighted by atomic mass is 9.99. The SMILES string of the molecule is CCOCCC(=O)N1CCO[C@@H](CN2CCCCC2)[C@@H]1c1cnn(C)c1. The average Bonchev–Trinajstić information content (AvgIpc) is 3.08. The number of hydrogen-bond donors (Lipinski definition) is 0. The molecule has 26 heavy (non-hydrogen) atoms. The Morgan fingerprint density at radius 2 is 2.12 bits per heavy atom. The van der Waals surface area contributed by atoms with Crippen molar-refractivity contribution in [3.05, 3.63) is 18.0 Å². The molecule has 1 amide bonds. The molecule has 0 spiro atoms. The molecule has 0 aromatic carbocycles.